The highest BCUT2D eigenvalue weighted by Crippen LogP contribution is 2.21. The number of rotatable bonds is 6. The summed E-state index contributed by atoms with van der Waals surface area (Å²) in [5, 5.41) is 28.2. The van der Waals surface area contributed by atoms with E-state index >= 15 is 0 Å². The van der Waals surface area contributed by atoms with Crippen molar-refractivity contribution in [1.82, 2.24) is 10.2 Å². The van der Waals surface area contributed by atoms with Gasteiger partial charge in [-0.25, -0.2) is 4.79 Å². The molecule has 17 heavy (non-hydrogen) atoms. The first-order valence-electron chi connectivity index (χ1n) is 5.36. The zero-order valence-electron chi connectivity index (χ0n) is 9.97. The fourth-order valence-electron chi connectivity index (χ4n) is 1.35. The van der Waals surface area contributed by atoms with Crippen LogP contribution in [0.25, 0.3) is 0 Å². The van der Waals surface area contributed by atoms with Gasteiger partial charge in [-0.05, 0) is 17.9 Å². The molecular formula is C11H17N3O3. The Morgan fingerprint density at radius 1 is 1.53 bits per heavy atom. The smallest absolute Gasteiger partial charge is 0.339 e. The number of carboxylic acid groups (broad SMARTS) is 1. The normalized spacial score (nSPS) is 11.2. The second-order valence-electron chi connectivity index (χ2n) is 4.59. The quantitative estimate of drug-likeness (QED) is 0.685. The molecule has 0 aromatic carbocycles. The van der Waals surface area contributed by atoms with Crippen LogP contribution in [-0.2, 0) is 0 Å². The lowest BCUT2D eigenvalue weighted by Crippen LogP contribution is -2.25. The van der Waals surface area contributed by atoms with Crippen molar-refractivity contribution in [1.29, 1.82) is 0 Å². The number of aromatic carboxylic acids is 1. The largest absolute Gasteiger partial charge is 0.478 e. The highest BCUT2D eigenvalue weighted by molar-refractivity contribution is 5.92. The Bertz CT molecular complexity index is 393. The van der Waals surface area contributed by atoms with E-state index in [9.17, 15) is 4.79 Å². The van der Waals surface area contributed by atoms with E-state index in [1.807, 2.05) is 13.8 Å². The molecule has 0 spiro atoms. The second-order valence-corrected chi connectivity index (χ2v) is 4.59. The van der Waals surface area contributed by atoms with E-state index in [-0.39, 0.29) is 23.4 Å². The predicted octanol–water partition coefficient (Wildman–Crippen LogP) is 0.995. The van der Waals surface area contributed by atoms with Gasteiger partial charge in [-0.1, -0.05) is 13.8 Å². The number of aliphatic hydroxyl groups excluding tert-OH is 1. The molecule has 0 saturated carbocycles. The van der Waals surface area contributed by atoms with E-state index in [4.69, 9.17) is 10.2 Å². The number of hydrogen-bond donors (Lipinski definition) is 3. The molecule has 0 aliphatic heterocycles. The molecule has 1 rings (SSSR count). The first-order chi connectivity index (χ1) is 7.96. The first kappa shape index (κ1) is 13.4. The minimum atomic E-state index is -1.04. The van der Waals surface area contributed by atoms with Gasteiger partial charge in [-0.2, -0.15) is 5.10 Å². The van der Waals surface area contributed by atoms with E-state index in [0.29, 0.717) is 13.0 Å². The van der Waals surface area contributed by atoms with Crippen molar-refractivity contribution in [3.05, 3.63) is 17.8 Å². The fourth-order valence-corrected chi connectivity index (χ4v) is 1.35. The molecule has 94 valence electrons. The zero-order valence-corrected chi connectivity index (χ0v) is 9.97. The van der Waals surface area contributed by atoms with Gasteiger partial charge in [0.2, 0.25) is 0 Å². The average molecular weight is 239 g/mol. The van der Waals surface area contributed by atoms with Gasteiger partial charge in [0, 0.05) is 13.2 Å². The van der Waals surface area contributed by atoms with Crippen molar-refractivity contribution in [2.45, 2.75) is 20.3 Å². The highest BCUT2D eigenvalue weighted by atomic mass is 16.4. The van der Waals surface area contributed by atoms with Crippen LogP contribution >= 0.6 is 0 Å². The lowest BCUT2D eigenvalue weighted by molar-refractivity contribution is 0.0697. The third-order valence-corrected chi connectivity index (χ3v) is 2.47. The highest BCUT2D eigenvalue weighted by Gasteiger charge is 2.19. The van der Waals surface area contributed by atoms with Crippen molar-refractivity contribution in [2.75, 3.05) is 18.5 Å². The van der Waals surface area contributed by atoms with Crippen LogP contribution < -0.4 is 5.32 Å². The maximum Gasteiger partial charge on any atom is 0.339 e. The third kappa shape index (κ3) is 3.99. The number of aromatic nitrogens is 2. The first-order valence-corrected chi connectivity index (χ1v) is 5.36. The molecular weight excluding hydrogens is 222 g/mol. The van der Waals surface area contributed by atoms with Crippen LogP contribution in [0.1, 0.15) is 30.6 Å². The molecule has 1 aromatic rings. The van der Waals surface area contributed by atoms with Crippen molar-refractivity contribution in [3.63, 3.8) is 0 Å². The Morgan fingerprint density at radius 3 is 2.82 bits per heavy atom. The number of nitrogens with one attached hydrogen (secondary N) is 1. The zero-order chi connectivity index (χ0) is 12.9. The molecule has 0 saturated heterocycles. The molecule has 1 heterocycles. The van der Waals surface area contributed by atoms with Crippen molar-refractivity contribution >= 4 is 11.8 Å². The Balaban J connectivity index is 2.72. The summed E-state index contributed by atoms with van der Waals surface area (Å²) in [6, 6.07) is 1.40. The topological polar surface area (TPSA) is 95.3 Å². The molecule has 3 N–H and O–H groups in total. The van der Waals surface area contributed by atoms with Crippen LogP contribution in [0.3, 0.4) is 0 Å². The molecule has 0 aliphatic rings. The van der Waals surface area contributed by atoms with Gasteiger partial charge in [0.15, 0.2) is 5.82 Å². The molecule has 1 aromatic heterocycles. The Hall–Kier alpha value is -1.69. The second kappa shape index (κ2) is 5.58. The van der Waals surface area contributed by atoms with Crippen LogP contribution in [0.5, 0.6) is 0 Å². The van der Waals surface area contributed by atoms with E-state index in [1.54, 1.807) is 0 Å². The maximum absolute atomic E-state index is 10.9. The lowest BCUT2D eigenvalue weighted by atomic mass is 9.90. The molecule has 0 fully saturated rings. The van der Waals surface area contributed by atoms with Gasteiger partial charge in [0.05, 0.1) is 6.20 Å². The van der Waals surface area contributed by atoms with Gasteiger partial charge in [0.1, 0.15) is 5.56 Å². The molecule has 0 unspecified atom stereocenters. The summed E-state index contributed by atoms with van der Waals surface area (Å²) in [7, 11) is 0. The van der Waals surface area contributed by atoms with Gasteiger partial charge in [-0.3, -0.25) is 0 Å². The average Bonchev–Trinajstić information content (AvgIpc) is 2.27. The minimum absolute atomic E-state index is 0.0970. The fraction of sp³-hybridized carbons (Fsp3) is 0.545. The summed E-state index contributed by atoms with van der Waals surface area (Å²) >= 11 is 0. The van der Waals surface area contributed by atoms with Crippen LogP contribution in [0, 0.1) is 5.41 Å². The summed E-state index contributed by atoms with van der Waals surface area (Å²) in [4.78, 5) is 10.9. The van der Waals surface area contributed by atoms with E-state index in [0.717, 1.165) is 0 Å². The Kier molecular flexibility index (Phi) is 4.39. The van der Waals surface area contributed by atoms with E-state index in [1.165, 1.54) is 12.3 Å². The van der Waals surface area contributed by atoms with Crippen molar-refractivity contribution < 1.29 is 15.0 Å². The molecule has 0 atom stereocenters. The molecule has 0 aliphatic carbocycles. The van der Waals surface area contributed by atoms with E-state index in [2.05, 4.69) is 15.5 Å². The molecule has 6 nitrogen and oxygen atoms in total. The van der Waals surface area contributed by atoms with Gasteiger partial charge < -0.3 is 15.5 Å². The SMILES string of the molecule is CC(C)(CCO)CNc1nnccc1C(=O)O. The van der Waals surface area contributed by atoms with Crippen molar-refractivity contribution in [2.24, 2.45) is 5.41 Å². The number of anilines is 1. The minimum Gasteiger partial charge on any atom is -0.478 e. The summed E-state index contributed by atoms with van der Waals surface area (Å²) < 4.78 is 0. The van der Waals surface area contributed by atoms with Gasteiger partial charge in [0.25, 0.3) is 0 Å². The monoisotopic (exact) mass is 239 g/mol. The molecule has 6 heteroatoms. The molecule has 0 radical (unpaired) electrons. The van der Waals surface area contributed by atoms with Crippen molar-refractivity contribution in [3.8, 4) is 0 Å². The molecule has 0 amide bonds. The van der Waals surface area contributed by atoms with E-state index < -0.39 is 5.97 Å². The number of nitrogens with zero attached hydrogens (tertiary/aromatic N) is 2. The van der Waals surface area contributed by atoms with Gasteiger partial charge in [-0.15, -0.1) is 5.10 Å². The maximum atomic E-state index is 10.9. The van der Waals surface area contributed by atoms with Crippen LogP contribution in [0.15, 0.2) is 12.3 Å². The van der Waals surface area contributed by atoms with Crippen LogP contribution in [0.4, 0.5) is 5.82 Å². The lowest BCUT2D eigenvalue weighted by Gasteiger charge is -2.24. The summed E-state index contributed by atoms with van der Waals surface area (Å²) in [5.41, 5.74) is -0.0398. The van der Waals surface area contributed by atoms with Crippen LogP contribution in [-0.4, -0.2) is 39.5 Å². The summed E-state index contributed by atoms with van der Waals surface area (Å²) in [6.45, 7) is 4.58. The summed E-state index contributed by atoms with van der Waals surface area (Å²) in [6.07, 6.45) is 1.97. The number of hydrogen-bond acceptors (Lipinski definition) is 5. The van der Waals surface area contributed by atoms with Gasteiger partial charge >= 0.3 is 5.97 Å². The number of carbonyl (C=O) groups is 1. The molecule has 0 bridgehead atoms. The Labute approximate surface area is 99.7 Å². The Morgan fingerprint density at radius 2 is 2.24 bits per heavy atom. The predicted molar refractivity (Wildman–Crippen MR) is 63.0 cm³/mol. The standard InChI is InChI=1S/C11H17N3O3/c1-11(2,4-6-15)7-12-9-8(10(16)17)3-5-13-14-9/h3,5,15H,4,6-7H2,1-2H3,(H,12,14)(H,16,17). The van der Waals surface area contributed by atoms with Crippen LogP contribution in [0.2, 0.25) is 0 Å². The number of aliphatic hydroxyl groups is 1. The third-order valence-electron chi connectivity index (χ3n) is 2.47. The summed E-state index contributed by atoms with van der Waals surface area (Å²) in [5.74, 6) is -0.784. The number of carboxylic acids is 1.